The minimum atomic E-state index is 0.520. The Balaban J connectivity index is 2.25. The van der Waals surface area contributed by atoms with Gasteiger partial charge in [0.05, 0.1) is 5.02 Å². The van der Waals surface area contributed by atoms with Gasteiger partial charge >= 0.3 is 0 Å². The number of benzene rings is 1. The van der Waals surface area contributed by atoms with Crippen molar-refractivity contribution in [3.05, 3.63) is 40.5 Å². The zero-order chi connectivity index (χ0) is 14.5. The number of nitrogens with zero attached hydrogens (tertiary/aromatic N) is 2. The average molecular weight is 292 g/mol. The number of hydrogen-bond acceptors (Lipinski definition) is 4. The smallest absolute Gasteiger partial charge is 0.227 e. The Labute approximate surface area is 124 Å². The predicted molar refractivity (Wildman–Crippen MR) is 81.8 cm³/mol. The van der Waals surface area contributed by atoms with E-state index >= 15 is 0 Å². The Bertz CT molecular complexity index is 602. The van der Waals surface area contributed by atoms with Crippen LogP contribution in [0.5, 0.6) is 11.6 Å². The van der Waals surface area contributed by atoms with E-state index in [0.717, 1.165) is 24.1 Å². The lowest BCUT2D eigenvalue weighted by Crippen LogP contribution is -2.05. The Morgan fingerprint density at radius 3 is 2.85 bits per heavy atom. The monoisotopic (exact) mass is 291 g/mol. The lowest BCUT2D eigenvalue weighted by molar-refractivity contribution is 0.458. The molecule has 0 saturated carbocycles. The molecule has 0 aliphatic carbocycles. The highest BCUT2D eigenvalue weighted by atomic mass is 35.5. The number of rotatable bonds is 5. The summed E-state index contributed by atoms with van der Waals surface area (Å²) in [5.41, 5.74) is 1.95. The largest absolute Gasteiger partial charge is 0.437 e. The molecule has 0 fully saturated rings. The maximum atomic E-state index is 6.14. The van der Waals surface area contributed by atoms with E-state index in [0.29, 0.717) is 22.6 Å². The fourth-order valence-electron chi connectivity index (χ4n) is 1.64. The van der Waals surface area contributed by atoms with E-state index in [4.69, 9.17) is 16.3 Å². The third kappa shape index (κ3) is 3.61. The van der Waals surface area contributed by atoms with E-state index in [-0.39, 0.29) is 0 Å². The molecule has 106 valence electrons. The summed E-state index contributed by atoms with van der Waals surface area (Å²) >= 11 is 6.14. The highest BCUT2D eigenvalue weighted by molar-refractivity contribution is 6.32. The molecule has 0 bridgehead atoms. The van der Waals surface area contributed by atoms with E-state index < -0.39 is 0 Å². The molecule has 0 atom stereocenters. The van der Waals surface area contributed by atoms with Gasteiger partial charge in [0.25, 0.3) is 0 Å². The second kappa shape index (κ2) is 6.57. The van der Waals surface area contributed by atoms with Crippen molar-refractivity contribution in [2.24, 2.45) is 0 Å². The van der Waals surface area contributed by atoms with Gasteiger partial charge in [-0.15, -0.1) is 0 Å². The molecule has 1 N–H and O–H groups in total. The van der Waals surface area contributed by atoms with Crippen molar-refractivity contribution in [1.82, 2.24) is 9.97 Å². The van der Waals surface area contributed by atoms with Gasteiger partial charge in [0.1, 0.15) is 5.75 Å². The van der Waals surface area contributed by atoms with Gasteiger partial charge in [0.2, 0.25) is 11.8 Å². The fourth-order valence-corrected chi connectivity index (χ4v) is 1.80. The standard InChI is InChI=1S/C15H18ClN3O/c1-4-7-17-15-18-9-11(3)14(19-15)20-13-8-10(2)5-6-12(13)16/h5-6,8-9H,4,7H2,1-3H3,(H,17,18,19). The summed E-state index contributed by atoms with van der Waals surface area (Å²) in [6, 6.07) is 5.65. The molecule has 2 aromatic rings. The molecule has 20 heavy (non-hydrogen) atoms. The van der Waals surface area contributed by atoms with Crippen molar-refractivity contribution in [3.8, 4) is 11.6 Å². The minimum absolute atomic E-state index is 0.520. The van der Waals surface area contributed by atoms with Crippen molar-refractivity contribution in [2.75, 3.05) is 11.9 Å². The van der Waals surface area contributed by atoms with Crippen LogP contribution in [0.2, 0.25) is 5.02 Å². The first-order chi connectivity index (χ1) is 9.60. The summed E-state index contributed by atoms with van der Waals surface area (Å²) in [4.78, 5) is 8.60. The molecule has 2 rings (SSSR count). The van der Waals surface area contributed by atoms with Gasteiger partial charge in [0.15, 0.2) is 0 Å². The Morgan fingerprint density at radius 1 is 1.30 bits per heavy atom. The van der Waals surface area contributed by atoms with Gasteiger partial charge in [-0.2, -0.15) is 4.98 Å². The van der Waals surface area contributed by atoms with Crippen LogP contribution in [-0.2, 0) is 0 Å². The van der Waals surface area contributed by atoms with Crippen molar-refractivity contribution in [3.63, 3.8) is 0 Å². The van der Waals surface area contributed by atoms with Gasteiger partial charge in [-0.05, 0) is 38.0 Å². The number of aromatic nitrogens is 2. The van der Waals surface area contributed by atoms with Crippen molar-refractivity contribution in [2.45, 2.75) is 27.2 Å². The van der Waals surface area contributed by atoms with Crippen LogP contribution in [0.25, 0.3) is 0 Å². The zero-order valence-corrected chi connectivity index (χ0v) is 12.7. The quantitative estimate of drug-likeness (QED) is 0.889. The lowest BCUT2D eigenvalue weighted by atomic mass is 10.2. The summed E-state index contributed by atoms with van der Waals surface area (Å²) in [6.45, 7) is 6.81. The van der Waals surface area contributed by atoms with E-state index in [1.807, 2.05) is 32.0 Å². The SMILES string of the molecule is CCCNc1ncc(C)c(Oc2cc(C)ccc2Cl)n1. The molecular weight excluding hydrogens is 274 g/mol. The van der Waals surface area contributed by atoms with Gasteiger partial charge in [-0.25, -0.2) is 4.98 Å². The molecule has 0 unspecified atom stereocenters. The molecule has 0 amide bonds. The summed E-state index contributed by atoms with van der Waals surface area (Å²) in [5, 5.41) is 3.70. The maximum Gasteiger partial charge on any atom is 0.227 e. The third-order valence-corrected chi connectivity index (χ3v) is 3.06. The van der Waals surface area contributed by atoms with Crippen LogP contribution in [0.15, 0.2) is 24.4 Å². The molecule has 4 nitrogen and oxygen atoms in total. The number of anilines is 1. The van der Waals surface area contributed by atoms with Crippen LogP contribution in [0.1, 0.15) is 24.5 Å². The molecule has 0 radical (unpaired) electrons. The number of halogens is 1. The molecule has 5 heteroatoms. The molecule has 0 spiro atoms. The molecular formula is C15H18ClN3O. The third-order valence-electron chi connectivity index (χ3n) is 2.75. The number of aryl methyl sites for hydroxylation is 2. The van der Waals surface area contributed by atoms with Gasteiger partial charge in [-0.3, -0.25) is 0 Å². The topological polar surface area (TPSA) is 47.0 Å². The van der Waals surface area contributed by atoms with E-state index in [1.54, 1.807) is 6.20 Å². The molecule has 0 aliphatic heterocycles. The summed E-state index contributed by atoms with van der Waals surface area (Å²) in [5.74, 6) is 1.69. The Hall–Kier alpha value is -1.81. The summed E-state index contributed by atoms with van der Waals surface area (Å²) < 4.78 is 5.82. The second-order valence-electron chi connectivity index (χ2n) is 4.64. The first-order valence-corrected chi connectivity index (χ1v) is 6.99. The van der Waals surface area contributed by atoms with Gasteiger partial charge in [-0.1, -0.05) is 24.6 Å². The van der Waals surface area contributed by atoms with Crippen LogP contribution in [0.3, 0.4) is 0 Å². The van der Waals surface area contributed by atoms with Crippen LogP contribution in [0.4, 0.5) is 5.95 Å². The Morgan fingerprint density at radius 2 is 2.10 bits per heavy atom. The molecule has 1 heterocycles. The van der Waals surface area contributed by atoms with E-state index in [2.05, 4.69) is 22.2 Å². The number of nitrogens with one attached hydrogen (secondary N) is 1. The van der Waals surface area contributed by atoms with Crippen LogP contribution in [0, 0.1) is 13.8 Å². The highest BCUT2D eigenvalue weighted by Gasteiger charge is 2.09. The fraction of sp³-hybridized carbons (Fsp3) is 0.333. The van der Waals surface area contributed by atoms with Crippen LogP contribution >= 0.6 is 11.6 Å². The van der Waals surface area contributed by atoms with Gasteiger partial charge < -0.3 is 10.1 Å². The van der Waals surface area contributed by atoms with Crippen LogP contribution in [-0.4, -0.2) is 16.5 Å². The highest BCUT2D eigenvalue weighted by Crippen LogP contribution is 2.30. The summed E-state index contributed by atoms with van der Waals surface area (Å²) in [6.07, 6.45) is 2.75. The van der Waals surface area contributed by atoms with E-state index in [9.17, 15) is 0 Å². The first kappa shape index (κ1) is 14.6. The van der Waals surface area contributed by atoms with Crippen molar-refractivity contribution >= 4 is 17.5 Å². The predicted octanol–water partition coefficient (Wildman–Crippen LogP) is 4.36. The maximum absolute atomic E-state index is 6.14. The molecule has 0 saturated heterocycles. The Kier molecular flexibility index (Phi) is 4.79. The van der Waals surface area contributed by atoms with E-state index in [1.165, 1.54) is 0 Å². The summed E-state index contributed by atoms with van der Waals surface area (Å²) in [7, 11) is 0. The van der Waals surface area contributed by atoms with Crippen molar-refractivity contribution < 1.29 is 4.74 Å². The second-order valence-corrected chi connectivity index (χ2v) is 5.05. The first-order valence-electron chi connectivity index (χ1n) is 6.61. The molecule has 1 aromatic heterocycles. The minimum Gasteiger partial charge on any atom is -0.437 e. The lowest BCUT2D eigenvalue weighted by Gasteiger charge is -2.11. The molecule has 0 aliphatic rings. The average Bonchev–Trinajstić information content (AvgIpc) is 2.43. The van der Waals surface area contributed by atoms with Crippen molar-refractivity contribution in [1.29, 1.82) is 0 Å². The normalized spacial score (nSPS) is 10.4. The zero-order valence-electron chi connectivity index (χ0n) is 11.9. The number of hydrogen-bond donors (Lipinski definition) is 1. The van der Waals surface area contributed by atoms with Gasteiger partial charge in [0, 0.05) is 18.3 Å². The molecule has 1 aromatic carbocycles. The van der Waals surface area contributed by atoms with Crippen LogP contribution < -0.4 is 10.1 Å². The number of ether oxygens (including phenoxy) is 1.